The molecule has 1 rings (SSSR count). The van der Waals surface area contributed by atoms with E-state index in [0.29, 0.717) is 25.1 Å². The summed E-state index contributed by atoms with van der Waals surface area (Å²) < 4.78 is 32.0. The minimum atomic E-state index is -0.409. The van der Waals surface area contributed by atoms with Crippen LogP contribution in [-0.4, -0.2) is 20.3 Å². The maximum atomic E-state index is 13.7. The van der Waals surface area contributed by atoms with E-state index in [0.717, 1.165) is 6.07 Å². The summed E-state index contributed by atoms with van der Waals surface area (Å²) in [6.45, 7) is 5.30. The van der Waals surface area contributed by atoms with Crippen LogP contribution < -0.4 is 5.32 Å². The predicted molar refractivity (Wildman–Crippen MR) is 68.4 cm³/mol. The Kier molecular flexibility index (Phi) is 6.22. The van der Waals surface area contributed by atoms with Crippen LogP contribution in [0.2, 0.25) is 0 Å². The number of methoxy groups -OCH3 is 1. The fraction of sp³-hybridized carbons (Fsp3) is 0.571. The van der Waals surface area contributed by atoms with Gasteiger partial charge in [0.25, 0.3) is 0 Å². The third-order valence-electron chi connectivity index (χ3n) is 2.87. The van der Waals surface area contributed by atoms with Gasteiger partial charge in [-0.3, -0.25) is 0 Å². The van der Waals surface area contributed by atoms with E-state index in [-0.39, 0.29) is 17.8 Å². The van der Waals surface area contributed by atoms with Crippen LogP contribution >= 0.6 is 0 Å². The Morgan fingerprint density at radius 3 is 2.67 bits per heavy atom. The van der Waals surface area contributed by atoms with E-state index in [1.54, 1.807) is 7.11 Å². The van der Waals surface area contributed by atoms with E-state index in [1.165, 1.54) is 12.1 Å². The highest BCUT2D eigenvalue weighted by molar-refractivity contribution is 5.22. The molecule has 0 bridgehead atoms. The van der Waals surface area contributed by atoms with Gasteiger partial charge >= 0.3 is 0 Å². The first kappa shape index (κ1) is 15.1. The molecule has 102 valence electrons. The molecule has 2 unspecified atom stereocenters. The lowest BCUT2D eigenvalue weighted by molar-refractivity contribution is 0.149. The Morgan fingerprint density at radius 1 is 1.33 bits per heavy atom. The van der Waals surface area contributed by atoms with Gasteiger partial charge in [-0.25, -0.2) is 8.78 Å². The number of nitrogens with one attached hydrogen (secondary N) is 1. The van der Waals surface area contributed by atoms with Crippen LogP contribution in [0.1, 0.15) is 31.9 Å². The lowest BCUT2D eigenvalue weighted by Crippen LogP contribution is -2.25. The van der Waals surface area contributed by atoms with Crippen molar-refractivity contribution >= 4 is 0 Å². The smallest absolute Gasteiger partial charge is 0.128 e. The third kappa shape index (κ3) is 4.35. The molecule has 0 radical (unpaired) electrons. The van der Waals surface area contributed by atoms with Crippen molar-refractivity contribution in [3.05, 3.63) is 35.4 Å². The van der Waals surface area contributed by atoms with Gasteiger partial charge in [0.05, 0.1) is 0 Å². The summed E-state index contributed by atoms with van der Waals surface area (Å²) in [5, 5.41) is 3.19. The second kappa shape index (κ2) is 7.44. The molecule has 0 aliphatic carbocycles. The molecule has 4 heteroatoms. The Morgan fingerprint density at radius 2 is 2.06 bits per heavy atom. The summed E-state index contributed by atoms with van der Waals surface area (Å²) in [7, 11) is 1.64. The zero-order valence-corrected chi connectivity index (χ0v) is 11.2. The summed E-state index contributed by atoms with van der Waals surface area (Å²) in [6, 6.07) is 3.40. The molecular formula is C14H21F2NO. The van der Waals surface area contributed by atoms with E-state index in [4.69, 9.17) is 4.74 Å². The van der Waals surface area contributed by atoms with E-state index in [9.17, 15) is 8.78 Å². The molecule has 2 nitrogen and oxygen atoms in total. The van der Waals surface area contributed by atoms with Crippen molar-refractivity contribution in [3.63, 3.8) is 0 Å². The largest absolute Gasteiger partial charge is 0.384 e. The van der Waals surface area contributed by atoms with Gasteiger partial charge in [0.15, 0.2) is 0 Å². The molecule has 0 aromatic heterocycles. The third-order valence-corrected chi connectivity index (χ3v) is 2.87. The van der Waals surface area contributed by atoms with Crippen LogP contribution in [0.3, 0.4) is 0 Å². The highest BCUT2D eigenvalue weighted by Crippen LogP contribution is 2.24. The zero-order valence-electron chi connectivity index (χ0n) is 11.2. The van der Waals surface area contributed by atoms with E-state index >= 15 is 0 Å². The zero-order chi connectivity index (χ0) is 13.5. The molecule has 0 saturated carbocycles. The Balaban J connectivity index is 2.85. The number of hydrogen-bond donors (Lipinski definition) is 1. The van der Waals surface area contributed by atoms with Crippen LogP contribution in [-0.2, 0) is 4.74 Å². The minimum absolute atomic E-state index is 0.184. The van der Waals surface area contributed by atoms with Crippen molar-refractivity contribution in [2.75, 3.05) is 20.3 Å². The van der Waals surface area contributed by atoms with E-state index in [1.807, 2.05) is 13.8 Å². The molecule has 0 amide bonds. The molecule has 0 heterocycles. The maximum Gasteiger partial charge on any atom is 0.128 e. The normalized spacial score (nSPS) is 14.5. The summed E-state index contributed by atoms with van der Waals surface area (Å²) in [5.74, 6) is -0.498. The quantitative estimate of drug-likeness (QED) is 0.809. The Labute approximate surface area is 107 Å². The van der Waals surface area contributed by atoms with Gasteiger partial charge < -0.3 is 10.1 Å². The van der Waals surface area contributed by atoms with Crippen LogP contribution in [0.15, 0.2) is 18.2 Å². The molecule has 0 saturated heterocycles. The number of hydrogen-bond acceptors (Lipinski definition) is 2. The summed E-state index contributed by atoms with van der Waals surface area (Å²) in [5.41, 5.74) is 0.389. The second-order valence-electron chi connectivity index (χ2n) is 4.57. The van der Waals surface area contributed by atoms with Crippen molar-refractivity contribution in [2.24, 2.45) is 5.92 Å². The van der Waals surface area contributed by atoms with Gasteiger partial charge in [-0.1, -0.05) is 13.8 Å². The SMILES string of the molecule is CCNC(CC(C)COC)c1cc(F)ccc1F. The number of rotatable bonds is 7. The standard InChI is InChI=1S/C14H21F2NO/c1-4-17-14(7-10(2)9-18-3)12-8-11(15)5-6-13(12)16/h5-6,8,10,14,17H,4,7,9H2,1-3H3. The molecule has 1 N–H and O–H groups in total. The summed E-state index contributed by atoms with van der Waals surface area (Å²) >= 11 is 0. The highest BCUT2D eigenvalue weighted by Gasteiger charge is 2.18. The topological polar surface area (TPSA) is 21.3 Å². The van der Waals surface area contributed by atoms with Crippen LogP contribution in [0, 0.1) is 17.6 Å². The molecule has 0 fully saturated rings. The van der Waals surface area contributed by atoms with Gasteiger partial charge in [0.2, 0.25) is 0 Å². The van der Waals surface area contributed by atoms with Gasteiger partial charge in [-0.15, -0.1) is 0 Å². The monoisotopic (exact) mass is 257 g/mol. The molecular weight excluding hydrogens is 236 g/mol. The molecule has 1 aromatic rings. The van der Waals surface area contributed by atoms with Crippen LogP contribution in [0.25, 0.3) is 0 Å². The molecule has 0 aliphatic heterocycles. The van der Waals surface area contributed by atoms with Crippen molar-refractivity contribution in [1.29, 1.82) is 0 Å². The molecule has 0 aliphatic rings. The first-order chi connectivity index (χ1) is 8.58. The number of ether oxygens (including phenoxy) is 1. The summed E-state index contributed by atoms with van der Waals surface area (Å²) in [6.07, 6.45) is 0.710. The highest BCUT2D eigenvalue weighted by atomic mass is 19.1. The van der Waals surface area contributed by atoms with Crippen LogP contribution in [0.5, 0.6) is 0 Å². The predicted octanol–water partition coefficient (Wildman–Crippen LogP) is 3.29. The van der Waals surface area contributed by atoms with Crippen molar-refractivity contribution in [2.45, 2.75) is 26.3 Å². The van der Waals surface area contributed by atoms with Crippen LogP contribution in [0.4, 0.5) is 8.78 Å². The van der Waals surface area contributed by atoms with Gasteiger partial charge in [0.1, 0.15) is 11.6 Å². The minimum Gasteiger partial charge on any atom is -0.384 e. The van der Waals surface area contributed by atoms with Gasteiger partial charge in [-0.05, 0) is 37.1 Å². The molecule has 0 spiro atoms. The maximum absolute atomic E-state index is 13.7. The van der Waals surface area contributed by atoms with Crippen molar-refractivity contribution < 1.29 is 13.5 Å². The number of benzene rings is 1. The van der Waals surface area contributed by atoms with Crippen molar-refractivity contribution in [3.8, 4) is 0 Å². The fourth-order valence-corrected chi connectivity index (χ4v) is 2.10. The summed E-state index contributed by atoms with van der Waals surface area (Å²) in [4.78, 5) is 0. The molecule has 1 aromatic carbocycles. The molecule has 18 heavy (non-hydrogen) atoms. The van der Waals surface area contributed by atoms with E-state index < -0.39 is 5.82 Å². The van der Waals surface area contributed by atoms with Gasteiger partial charge in [-0.2, -0.15) is 0 Å². The lowest BCUT2D eigenvalue weighted by Gasteiger charge is -2.22. The van der Waals surface area contributed by atoms with E-state index in [2.05, 4.69) is 5.32 Å². The fourth-order valence-electron chi connectivity index (χ4n) is 2.10. The first-order valence-electron chi connectivity index (χ1n) is 6.25. The first-order valence-corrected chi connectivity index (χ1v) is 6.25. The molecule has 2 atom stereocenters. The average molecular weight is 257 g/mol. The lowest BCUT2D eigenvalue weighted by atomic mass is 9.95. The van der Waals surface area contributed by atoms with Gasteiger partial charge in [0, 0.05) is 25.3 Å². The Hall–Kier alpha value is -1.00. The van der Waals surface area contributed by atoms with Crippen molar-refractivity contribution in [1.82, 2.24) is 5.32 Å². The second-order valence-corrected chi connectivity index (χ2v) is 4.57. The Bertz CT molecular complexity index is 371. The average Bonchev–Trinajstić information content (AvgIpc) is 2.32. The number of halogens is 2.